The predicted octanol–water partition coefficient (Wildman–Crippen LogP) is 1.27. The molecular weight excluding hydrogens is 368 g/mol. The number of aromatic hydroxyl groups is 2. The van der Waals surface area contributed by atoms with Crippen LogP contribution in [0.1, 0.15) is 12.0 Å². The van der Waals surface area contributed by atoms with Crippen LogP contribution in [0.15, 0.2) is 42.0 Å². The number of urea groups is 1. The molecular formula is C19H24N2O7. The molecule has 9 heteroatoms. The van der Waals surface area contributed by atoms with Crippen molar-refractivity contribution in [1.82, 2.24) is 10.6 Å². The standard InChI is InChI=1S/C19H24N2O7/c1-27-19(28-2)7-3-4-13(10-19)11-20-18(26)21-14(17(24)25)8-12-5-6-15(22)16(23)9-12/h3-7,9,14,22-23H,8,10-11H2,1-2H3,(H,24,25)(H2,20,21,26). The van der Waals surface area contributed by atoms with Gasteiger partial charge in [-0.3, -0.25) is 0 Å². The predicted molar refractivity (Wildman–Crippen MR) is 100 cm³/mol. The fourth-order valence-corrected chi connectivity index (χ4v) is 2.79. The van der Waals surface area contributed by atoms with Gasteiger partial charge in [-0.05, 0) is 29.3 Å². The minimum absolute atomic E-state index is 0.0571. The number of benzene rings is 1. The van der Waals surface area contributed by atoms with Crippen molar-refractivity contribution in [3.63, 3.8) is 0 Å². The maximum atomic E-state index is 12.1. The molecule has 1 aromatic rings. The Labute approximate surface area is 162 Å². The van der Waals surface area contributed by atoms with E-state index in [1.165, 1.54) is 32.4 Å². The lowest BCUT2D eigenvalue weighted by atomic mass is 9.99. The van der Waals surface area contributed by atoms with E-state index in [4.69, 9.17) is 9.47 Å². The van der Waals surface area contributed by atoms with Gasteiger partial charge in [0, 0.05) is 33.6 Å². The Bertz CT molecular complexity index is 784. The lowest BCUT2D eigenvalue weighted by Crippen LogP contribution is -2.47. The molecule has 0 bridgehead atoms. The third-order valence-electron chi connectivity index (χ3n) is 4.41. The summed E-state index contributed by atoms with van der Waals surface area (Å²) in [6, 6.07) is 2.12. The van der Waals surface area contributed by atoms with Gasteiger partial charge in [-0.1, -0.05) is 18.2 Å². The summed E-state index contributed by atoms with van der Waals surface area (Å²) in [5, 5.41) is 33.2. The van der Waals surface area contributed by atoms with E-state index in [9.17, 15) is 24.9 Å². The number of carbonyl (C=O) groups excluding carboxylic acids is 1. The molecule has 0 aliphatic heterocycles. The highest BCUT2D eigenvalue weighted by atomic mass is 16.7. The van der Waals surface area contributed by atoms with Gasteiger partial charge in [0.15, 0.2) is 17.3 Å². The summed E-state index contributed by atoms with van der Waals surface area (Å²) < 4.78 is 10.7. The quantitative estimate of drug-likeness (QED) is 0.332. The van der Waals surface area contributed by atoms with Gasteiger partial charge in [-0.2, -0.15) is 0 Å². The molecule has 0 aromatic heterocycles. The number of carbonyl (C=O) groups is 2. The van der Waals surface area contributed by atoms with Crippen LogP contribution in [0.25, 0.3) is 0 Å². The number of carboxylic acids is 1. The van der Waals surface area contributed by atoms with Crippen LogP contribution in [0, 0.1) is 0 Å². The topological polar surface area (TPSA) is 137 Å². The second-order valence-electron chi connectivity index (χ2n) is 6.33. The fraction of sp³-hybridized carbons (Fsp3) is 0.368. The molecule has 0 radical (unpaired) electrons. The summed E-state index contributed by atoms with van der Waals surface area (Å²) in [7, 11) is 3.05. The van der Waals surface area contributed by atoms with Gasteiger partial charge in [-0.25, -0.2) is 9.59 Å². The van der Waals surface area contributed by atoms with E-state index in [1.54, 1.807) is 12.2 Å². The Hall–Kier alpha value is -3.04. The highest BCUT2D eigenvalue weighted by Crippen LogP contribution is 2.27. The second kappa shape index (κ2) is 9.25. The molecule has 152 valence electrons. The van der Waals surface area contributed by atoms with Gasteiger partial charge in [0.05, 0.1) is 0 Å². The first-order valence-electron chi connectivity index (χ1n) is 8.54. The molecule has 1 atom stereocenters. The molecule has 2 amide bonds. The number of methoxy groups -OCH3 is 2. The van der Waals surface area contributed by atoms with Crippen LogP contribution in [0.2, 0.25) is 0 Å². The minimum Gasteiger partial charge on any atom is -0.504 e. The maximum absolute atomic E-state index is 12.1. The normalized spacial score (nSPS) is 16.1. The van der Waals surface area contributed by atoms with Gasteiger partial charge < -0.3 is 35.4 Å². The Morgan fingerprint density at radius 1 is 1.21 bits per heavy atom. The van der Waals surface area contributed by atoms with E-state index in [-0.39, 0.29) is 24.5 Å². The Balaban J connectivity index is 1.92. The van der Waals surface area contributed by atoms with Crippen molar-refractivity contribution in [2.75, 3.05) is 20.8 Å². The monoisotopic (exact) mass is 392 g/mol. The number of phenolic OH excluding ortho intramolecular Hbond substituents is 2. The maximum Gasteiger partial charge on any atom is 0.326 e. The fourth-order valence-electron chi connectivity index (χ4n) is 2.79. The number of phenols is 2. The van der Waals surface area contributed by atoms with Crippen molar-refractivity contribution in [3.05, 3.63) is 47.6 Å². The molecule has 5 N–H and O–H groups in total. The third-order valence-corrected chi connectivity index (χ3v) is 4.41. The lowest BCUT2D eigenvalue weighted by Gasteiger charge is -2.30. The Kier molecular flexibility index (Phi) is 7.02. The molecule has 1 aliphatic rings. The molecule has 2 rings (SSSR count). The zero-order valence-corrected chi connectivity index (χ0v) is 15.6. The van der Waals surface area contributed by atoms with E-state index in [2.05, 4.69) is 10.6 Å². The van der Waals surface area contributed by atoms with Crippen LogP contribution in [0.3, 0.4) is 0 Å². The first-order chi connectivity index (χ1) is 13.3. The average Bonchev–Trinajstić information content (AvgIpc) is 2.68. The van der Waals surface area contributed by atoms with Gasteiger partial charge in [-0.15, -0.1) is 0 Å². The molecule has 0 fully saturated rings. The van der Waals surface area contributed by atoms with Gasteiger partial charge in [0.25, 0.3) is 0 Å². The van der Waals surface area contributed by atoms with Gasteiger partial charge in [0.1, 0.15) is 6.04 Å². The third kappa shape index (κ3) is 5.48. The molecule has 28 heavy (non-hydrogen) atoms. The average molecular weight is 392 g/mol. The number of amides is 2. The van der Waals surface area contributed by atoms with Crippen molar-refractivity contribution in [3.8, 4) is 11.5 Å². The number of carboxylic acid groups (broad SMARTS) is 1. The van der Waals surface area contributed by atoms with Crippen LogP contribution in [-0.4, -0.2) is 59.9 Å². The number of rotatable bonds is 8. The summed E-state index contributed by atoms with van der Waals surface area (Å²) >= 11 is 0. The summed E-state index contributed by atoms with van der Waals surface area (Å²) in [5.74, 6) is -2.77. The summed E-state index contributed by atoms with van der Waals surface area (Å²) in [6.45, 7) is 0.191. The van der Waals surface area contributed by atoms with Crippen LogP contribution in [-0.2, 0) is 20.7 Å². The molecule has 1 aromatic carbocycles. The molecule has 0 spiro atoms. The number of hydrogen-bond donors (Lipinski definition) is 5. The number of nitrogens with one attached hydrogen (secondary N) is 2. The van der Waals surface area contributed by atoms with E-state index in [0.717, 1.165) is 5.57 Å². The van der Waals surface area contributed by atoms with Crippen molar-refractivity contribution in [1.29, 1.82) is 0 Å². The smallest absolute Gasteiger partial charge is 0.326 e. The summed E-state index contributed by atoms with van der Waals surface area (Å²) in [4.78, 5) is 23.6. The van der Waals surface area contributed by atoms with Crippen LogP contribution >= 0.6 is 0 Å². The van der Waals surface area contributed by atoms with E-state index in [0.29, 0.717) is 12.0 Å². The van der Waals surface area contributed by atoms with Gasteiger partial charge >= 0.3 is 12.0 Å². The number of ether oxygens (including phenoxy) is 2. The molecule has 1 unspecified atom stereocenters. The molecule has 1 aliphatic carbocycles. The number of hydrogen-bond acceptors (Lipinski definition) is 6. The highest BCUT2D eigenvalue weighted by molar-refractivity contribution is 5.82. The lowest BCUT2D eigenvalue weighted by molar-refractivity contribution is -0.169. The first kappa shape index (κ1) is 21.3. The minimum atomic E-state index is -1.22. The second-order valence-corrected chi connectivity index (χ2v) is 6.33. The zero-order valence-electron chi connectivity index (χ0n) is 15.6. The Morgan fingerprint density at radius 3 is 2.54 bits per heavy atom. The van der Waals surface area contributed by atoms with Crippen LogP contribution in [0.5, 0.6) is 11.5 Å². The molecule has 0 saturated carbocycles. The van der Waals surface area contributed by atoms with Crippen molar-refractivity contribution in [2.45, 2.75) is 24.7 Å². The highest BCUT2D eigenvalue weighted by Gasteiger charge is 2.29. The molecule has 9 nitrogen and oxygen atoms in total. The van der Waals surface area contributed by atoms with Crippen LogP contribution < -0.4 is 10.6 Å². The molecule has 0 saturated heterocycles. The SMILES string of the molecule is COC1(OC)C=CC=C(CNC(=O)NC(Cc2ccc(O)c(O)c2)C(=O)O)C1. The van der Waals surface area contributed by atoms with Crippen LogP contribution in [0.4, 0.5) is 4.79 Å². The number of allylic oxidation sites excluding steroid dienone is 2. The van der Waals surface area contributed by atoms with Crippen molar-refractivity contribution < 1.29 is 34.4 Å². The Morgan fingerprint density at radius 2 is 1.93 bits per heavy atom. The summed E-state index contributed by atoms with van der Waals surface area (Å²) in [5.41, 5.74) is 1.30. The zero-order chi connectivity index (χ0) is 20.7. The van der Waals surface area contributed by atoms with E-state index >= 15 is 0 Å². The summed E-state index contributed by atoms with van der Waals surface area (Å²) in [6.07, 6.45) is 5.72. The first-order valence-corrected chi connectivity index (χ1v) is 8.54. The van der Waals surface area contributed by atoms with Gasteiger partial charge in [0.2, 0.25) is 0 Å². The largest absolute Gasteiger partial charge is 0.504 e. The number of aliphatic carboxylic acids is 1. The van der Waals surface area contributed by atoms with E-state index in [1.807, 2.05) is 6.08 Å². The van der Waals surface area contributed by atoms with E-state index < -0.39 is 23.8 Å². The van der Waals surface area contributed by atoms with Crippen molar-refractivity contribution >= 4 is 12.0 Å². The van der Waals surface area contributed by atoms with Crippen molar-refractivity contribution in [2.24, 2.45) is 0 Å². The molecule has 0 heterocycles.